The molecule has 1 amide bonds. The topological polar surface area (TPSA) is 98.9 Å². The van der Waals surface area contributed by atoms with E-state index in [0.717, 1.165) is 48.5 Å². The number of ether oxygens (including phenoxy) is 2. The lowest BCUT2D eigenvalue weighted by molar-refractivity contribution is -0.192. The number of unbranched alkanes of at least 4 members (excludes halogenated alkanes) is 2. The number of carboxylic acids is 1. The average molecular weight is 489 g/mol. The van der Waals surface area contributed by atoms with E-state index < -0.39 is 18.1 Å². The van der Waals surface area contributed by atoms with Crippen molar-refractivity contribution in [3.05, 3.63) is 84.4 Å². The zero-order valence-corrected chi connectivity index (χ0v) is 18.8. The van der Waals surface area contributed by atoms with Crippen LogP contribution in [0.15, 0.2) is 78.9 Å². The van der Waals surface area contributed by atoms with Gasteiger partial charge in [-0.3, -0.25) is 4.79 Å². The molecule has 3 N–H and O–H groups in total. The van der Waals surface area contributed by atoms with Gasteiger partial charge in [0.05, 0.1) is 13.2 Å². The highest BCUT2D eigenvalue weighted by Gasteiger charge is 2.38. The number of nitrogens with two attached hydrogens (primary N) is 1. The van der Waals surface area contributed by atoms with Crippen LogP contribution in [0.3, 0.4) is 0 Å². The summed E-state index contributed by atoms with van der Waals surface area (Å²) >= 11 is 0. The van der Waals surface area contributed by atoms with Gasteiger partial charge in [-0.1, -0.05) is 42.5 Å². The predicted molar refractivity (Wildman–Crippen MR) is 125 cm³/mol. The number of carbonyl (C=O) groups excluding carboxylic acids is 1. The molecule has 35 heavy (non-hydrogen) atoms. The number of primary amides is 1. The third-order valence-electron chi connectivity index (χ3n) is 4.65. The summed E-state index contributed by atoms with van der Waals surface area (Å²) in [7, 11) is 0. The molecule has 3 aromatic rings. The predicted octanol–water partition coefficient (Wildman–Crippen LogP) is 5.71. The maximum absolute atomic E-state index is 11.3. The molecular formula is C26H26F3NO5. The molecule has 0 heterocycles. The van der Waals surface area contributed by atoms with E-state index in [0.29, 0.717) is 12.2 Å². The summed E-state index contributed by atoms with van der Waals surface area (Å²) in [5, 5.41) is 7.12. The van der Waals surface area contributed by atoms with Gasteiger partial charge >= 0.3 is 12.1 Å². The van der Waals surface area contributed by atoms with E-state index >= 15 is 0 Å². The van der Waals surface area contributed by atoms with Crippen LogP contribution in [0.5, 0.6) is 11.5 Å². The van der Waals surface area contributed by atoms with Crippen molar-refractivity contribution < 1.29 is 37.3 Å². The Bertz CT molecular complexity index is 1070. The molecule has 186 valence electrons. The lowest BCUT2D eigenvalue weighted by Gasteiger charge is -2.09. The first kappa shape index (κ1) is 27.2. The number of carboxylic acid groups (broad SMARTS) is 1. The Morgan fingerprint density at radius 2 is 1.29 bits per heavy atom. The summed E-state index contributed by atoms with van der Waals surface area (Å²) in [6.45, 7) is 1.41. The molecule has 0 radical (unpaired) electrons. The molecule has 3 aromatic carbocycles. The second-order valence-electron chi connectivity index (χ2n) is 7.34. The molecule has 6 nitrogen and oxygen atoms in total. The largest absolute Gasteiger partial charge is 0.494 e. The van der Waals surface area contributed by atoms with Gasteiger partial charge < -0.3 is 20.3 Å². The van der Waals surface area contributed by atoms with Crippen molar-refractivity contribution in [3.8, 4) is 22.6 Å². The quantitative estimate of drug-likeness (QED) is 0.355. The Morgan fingerprint density at radius 3 is 1.80 bits per heavy atom. The first-order chi connectivity index (χ1) is 16.7. The van der Waals surface area contributed by atoms with Crippen LogP contribution in [0.1, 0.15) is 29.6 Å². The molecule has 9 heteroatoms. The smallest absolute Gasteiger partial charge is 0.490 e. The van der Waals surface area contributed by atoms with E-state index in [-0.39, 0.29) is 0 Å². The van der Waals surface area contributed by atoms with Gasteiger partial charge in [-0.25, -0.2) is 4.79 Å². The van der Waals surface area contributed by atoms with Crippen LogP contribution < -0.4 is 15.2 Å². The molecule has 0 aliphatic heterocycles. The highest BCUT2D eigenvalue weighted by atomic mass is 19.4. The molecule has 3 rings (SSSR count). The van der Waals surface area contributed by atoms with Gasteiger partial charge in [-0.15, -0.1) is 0 Å². The summed E-state index contributed by atoms with van der Waals surface area (Å²) < 4.78 is 43.2. The van der Waals surface area contributed by atoms with Crippen molar-refractivity contribution >= 4 is 11.9 Å². The highest BCUT2D eigenvalue weighted by Crippen LogP contribution is 2.23. The van der Waals surface area contributed by atoms with Gasteiger partial charge in [-0.2, -0.15) is 13.2 Å². The van der Waals surface area contributed by atoms with Gasteiger partial charge in [0.2, 0.25) is 5.91 Å². The monoisotopic (exact) mass is 489 g/mol. The van der Waals surface area contributed by atoms with Crippen molar-refractivity contribution in [2.24, 2.45) is 5.73 Å². The lowest BCUT2D eigenvalue weighted by Crippen LogP contribution is -2.21. The fraction of sp³-hybridized carbons (Fsp3) is 0.231. The van der Waals surface area contributed by atoms with Crippen LogP contribution in [-0.2, 0) is 4.79 Å². The van der Waals surface area contributed by atoms with Crippen LogP contribution in [0.2, 0.25) is 0 Å². The van der Waals surface area contributed by atoms with Crippen molar-refractivity contribution in [2.45, 2.75) is 25.4 Å². The van der Waals surface area contributed by atoms with Crippen LogP contribution in [0.25, 0.3) is 11.1 Å². The number of hydrogen-bond donors (Lipinski definition) is 2. The average Bonchev–Trinajstić information content (AvgIpc) is 2.84. The third kappa shape index (κ3) is 10.2. The molecule has 0 aliphatic carbocycles. The molecule has 0 saturated heterocycles. The minimum atomic E-state index is -5.08. The summed E-state index contributed by atoms with van der Waals surface area (Å²) in [4.78, 5) is 20.2. The Kier molecular flexibility index (Phi) is 10.6. The lowest BCUT2D eigenvalue weighted by atomic mass is 10.0. The van der Waals surface area contributed by atoms with Gasteiger partial charge in [-0.05, 0) is 66.8 Å². The minimum absolute atomic E-state index is 0.420. The molecule has 0 saturated carbocycles. The van der Waals surface area contributed by atoms with E-state index in [1.807, 2.05) is 66.7 Å². The van der Waals surface area contributed by atoms with Crippen molar-refractivity contribution in [3.63, 3.8) is 0 Å². The number of aliphatic carboxylic acids is 1. The van der Waals surface area contributed by atoms with Crippen molar-refractivity contribution in [2.75, 3.05) is 13.2 Å². The van der Waals surface area contributed by atoms with Crippen LogP contribution >= 0.6 is 0 Å². The number of benzene rings is 3. The second-order valence-corrected chi connectivity index (χ2v) is 7.34. The highest BCUT2D eigenvalue weighted by molar-refractivity contribution is 5.94. The summed E-state index contributed by atoms with van der Waals surface area (Å²) in [6.07, 6.45) is -2.03. The molecule has 0 bridgehead atoms. The maximum Gasteiger partial charge on any atom is 0.490 e. The Morgan fingerprint density at radius 1 is 0.743 bits per heavy atom. The zero-order valence-electron chi connectivity index (χ0n) is 18.8. The SMILES string of the molecule is NC(=O)c1cccc(-c2ccc(OCCCCCOc3ccccc3)cc2)c1.O=C(O)C(F)(F)F. The van der Waals surface area contributed by atoms with Gasteiger partial charge in [0.25, 0.3) is 0 Å². The maximum atomic E-state index is 11.3. The van der Waals surface area contributed by atoms with Crippen LogP contribution in [0.4, 0.5) is 13.2 Å². The first-order valence-electron chi connectivity index (χ1n) is 10.8. The van der Waals surface area contributed by atoms with Crippen LogP contribution in [0, 0.1) is 0 Å². The fourth-order valence-electron chi connectivity index (χ4n) is 2.87. The molecular weight excluding hydrogens is 463 g/mol. The van der Waals surface area contributed by atoms with Crippen molar-refractivity contribution in [1.29, 1.82) is 0 Å². The zero-order chi connectivity index (χ0) is 25.7. The number of carbonyl (C=O) groups is 2. The molecule has 0 unspecified atom stereocenters. The number of para-hydroxylation sites is 1. The van der Waals surface area contributed by atoms with Gasteiger partial charge in [0.1, 0.15) is 11.5 Å². The second kappa shape index (κ2) is 13.6. The van der Waals surface area contributed by atoms with Crippen molar-refractivity contribution in [1.82, 2.24) is 0 Å². The van der Waals surface area contributed by atoms with Gasteiger partial charge in [0.15, 0.2) is 0 Å². The summed E-state index contributed by atoms with van der Waals surface area (Å²) in [5.74, 6) is -1.42. The van der Waals surface area contributed by atoms with E-state index in [1.165, 1.54) is 0 Å². The standard InChI is InChI=1S/C24H25NO3.C2HF3O2/c25-24(26)21-9-7-8-20(18-21)19-12-14-23(15-13-19)28-17-6-2-5-16-27-22-10-3-1-4-11-22;3-2(4,5)1(6)7/h1,3-4,7-15,18H,2,5-6,16-17H2,(H2,25,26);(H,6,7). The Labute approximate surface area is 201 Å². The number of amides is 1. The number of halogens is 3. The van der Waals surface area contributed by atoms with E-state index in [9.17, 15) is 18.0 Å². The summed E-state index contributed by atoms with van der Waals surface area (Å²) in [6, 6.07) is 25.1. The normalized spacial score (nSPS) is 10.6. The third-order valence-corrected chi connectivity index (χ3v) is 4.65. The molecule has 0 fully saturated rings. The number of alkyl halides is 3. The first-order valence-corrected chi connectivity index (χ1v) is 10.8. The minimum Gasteiger partial charge on any atom is -0.494 e. The Hall–Kier alpha value is -4.01. The van der Waals surface area contributed by atoms with E-state index in [1.54, 1.807) is 12.1 Å². The van der Waals surface area contributed by atoms with Crippen LogP contribution in [-0.4, -0.2) is 36.4 Å². The number of hydrogen-bond acceptors (Lipinski definition) is 4. The molecule has 0 aromatic heterocycles. The van der Waals surface area contributed by atoms with Gasteiger partial charge in [0, 0.05) is 5.56 Å². The van der Waals surface area contributed by atoms with E-state index in [4.69, 9.17) is 25.1 Å². The summed E-state index contributed by atoms with van der Waals surface area (Å²) in [5.41, 5.74) is 7.84. The number of rotatable bonds is 10. The fourth-order valence-corrected chi connectivity index (χ4v) is 2.87. The molecule has 0 aliphatic rings. The molecule has 0 atom stereocenters. The van der Waals surface area contributed by atoms with E-state index in [2.05, 4.69) is 0 Å². The molecule has 0 spiro atoms. The Balaban J connectivity index is 0.000000540.